The normalized spacial score (nSPS) is 19.8. The van der Waals surface area contributed by atoms with E-state index in [2.05, 4.69) is 131 Å². The van der Waals surface area contributed by atoms with Gasteiger partial charge in [-0.25, -0.2) is 0 Å². The van der Waals surface area contributed by atoms with Gasteiger partial charge in [-0.2, -0.15) is 0 Å². The summed E-state index contributed by atoms with van der Waals surface area (Å²) in [7, 11) is 0. The number of rotatable bonds is 7. The SMILES string of the molecule is CC1=Cc2c(-c3ccc(C4CCCCC4)cc3)cccc2[CH]1[Zr+2]([CH]1C(C(C)C)=Cc2c(-c3ccc(C4CCCCC4)cc3)cccc21)=[Si](C)C.[Cl-].[Cl-]. The topological polar surface area (TPSA) is 0 Å². The molecule has 0 N–H and O–H groups in total. The Kier molecular flexibility index (Phi) is 13.2. The smallest absolute Gasteiger partial charge is 1.00 e. The summed E-state index contributed by atoms with van der Waals surface area (Å²) >= 11 is -2.19. The molecule has 0 heterocycles. The molecule has 0 spiro atoms. The van der Waals surface area contributed by atoms with Crippen molar-refractivity contribution in [2.45, 2.75) is 117 Å². The predicted octanol–water partition coefficient (Wildman–Crippen LogP) is 8.25. The van der Waals surface area contributed by atoms with Crippen LogP contribution >= 0.6 is 0 Å². The second-order valence-corrected chi connectivity index (χ2v) is 34.4. The van der Waals surface area contributed by atoms with Gasteiger partial charge in [-0.3, -0.25) is 0 Å². The Morgan fingerprint density at radius 1 is 0.558 bits per heavy atom. The zero-order chi connectivity index (χ0) is 34.4. The van der Waals surface area contributed by atoms with Crippen molar-refractivity contribution in [3.8, 4) is 22.3 Å². The van der Waals surface area contributed by atoms with Gasteiger partial charge in [0.05, 0.1) is 0 Å². The molecule has 0 aliphatic heterocycles. The van der Waals surface area contributed by atoms with E-state index >= 15 is 0 Å². The summed E-state index contributed by atoms with van der Waals surface area (Å²) in [5.74, 6) is 2.07. The molecule has 4 heteroatoms. The molecule has 2 fully saturated rings. The first-order valence-electron chi connectivity index (χ1n) is 19.9. The summed E-state index contributed by atoms with van der Waals surface area (Å²) in [6.07, 6.45) is 19.1. The molecule has 2 saturated carbocycles. The van der Waals surface area contributed by atoms with Crippen molar-refractivity contribution < 1.29 is 45.2 Å². The molecule has 0 bridgehead atoms. The van der Waals surface area contributed by atoms with E-state index in [-0.39, 0.29) is 24.8 Å². The van der Waals surface area contributed by atoms with E-state index in [9.17, 15) is 0 Å². The van der Waals surface area contributed by atoms with Crippen LogP contribution in [0.5, 0.6) is 0 Å². The van der Waals surface area contributed by atoms with Crippen LogP contribution < -0.4 is 24.8 Å². The van der Waals surface area contributed by atoms with Crippen LogP contribution in [-0.2, 0) is 20.4 Å². The summed E-state index contributed by atoms with van der Waals surface area (Å²) < 4.78 is 1.30. The standard InChI is InChI=1S/C24H27.C22H23.C2H6Si.2ClH.Zr/c1-17(2)22-15-21-9-6-10-23(24(21)16-22)20-13-11-19(12-14-20)18-7-4-3-5-8-18;1-16-14-20-8-5-9-21(22(20)15-16)19-12-10-18(11-13-19)17-6-3-2-4-7-17;1-3-2;;;/h6,9-18H,3-5,7-8H2,1-2H3;5,8-15,17H,2-4,6-7H2,1H3;1-2H3;2*1H;/q;;;;;+2/p-2. The number of hydrogen-bond donors (Lipinski definition) is 0. The Morgan fingerprint density at radius 2 is 1.00 bits per heavy atom. The van der Waals surface area contributed by atoms with Crippen molar-refractivity contribution in [1.29, 1.82) is 0 Å². The number of hydrogen-bond acceptors (Lipinski definition) is 0. The van der Waals surface area contributed by atoms with Crippen LogP contribution in [0.3, 0.4) is 0 Å². The fraction of sp³-hybridized carbons (Fsp3) is 0.417. The molecule has 8 rings (SSSR count). The number of allylic oxidation sites excluding steroid dienone is 2. The third-order valence-electron chi connectivity index (χ3n) is 12.8. The molecule has 0 saturated heterocycles. The maximum absolute atomic E-state index is 2.67. The van der Waals surface area contributed by atoms with Gasteiger partial charge in [-0.15, -0.1) is 0 Å². The van der Waals surface area contributed by atoms with Crippen molar-refractivity contribution >= 4 is 17.6 Å². The van der Waals surface area contributed by atoms with Crippen LogP contribution in [0.1, 0.15) is 137 Å². The van der Waals surface area contributed by atoms with E-state index in [1.165, 1.54) is 97.6 Å². The molecule has 270 valence electrons. The van der Waals surface area contributed by atoms with E-state index in [1.54, 1.807) is 33.4 Å². The molecule has 52 heavy (non-hydrogen) atoms. The second-order valence-electron chi connectivity index (χ2n) is 16.5. The van der Waals surface area contributed by atoms with E-state index in [0.29, 0.717) is 13.2 Å². The quantitative estimate of drug-likeness (QED) is 0.165. The average molecular weight is 823 g/mol. The third kappa shape index (κ3) is 7.63. The minimum Gasteiger partial charge on any atom is -1.00 e. The predicted molar refractivity (Wildman–Crippen MR) is 215 cm³/mol. The van der Waals surface area contributed by atoms with E-state index in [1.807, 2.05) is 0 Å². The fourth-order valence-corrected chi connectivity index (χ4v) is 31.1. The molecule has 4 aromatic rings. The van der Waals surface area contributed by atoms with Crippen LogP contribution in [0.2, 0.25) is 13.1 Å². The van der Waals surface area contributed by atoms with Gasteiger partial charge in [0, 0.05) is 0 Å². The van der Waals surface area contributed by atoms with Crippen LogP contribution in [0, 0.1) is 5.92 Å². The van der Waals surface area contributed by atoms with Crippen LogP contribution in [0.25, 0.3) is 34.4 Å². The first-order valence-corrected chi connectivity index (χ1v) is 28.9. The summed E-state index contributed by atoms with van der Waals surface area (Å²) in [6.45, 7) is 12.7. The number of fused-ring (bicyclic) bond motifs is 2. The maximum Gasteiger partial charge on any atom is -1.00 e. The van der Waals surface area contributed by atoms with Crippen molar-refractivity contribution in [2.24, 2.45) is 5.92 Å². The van der Waals surface area contributed by atoms with Gasteiger partial charge in [-0.1, -0.05) is 0 Å². The van der Waals surface area contributed by atoms with Gasteiger partial charge < -0.3 is 24.8 Å². The van der Waals surface area contributed by atoms with Gasteiger partial charge in [0.2, 0.25) is 0 Å². The van der Waals surface area contributed by atoms with Crippen LogP contribution in [0.15, 0.2) is 96.1 Å². The van der Waals surface area contributed by atoms with Crippen molar-refractivity contribution in [3.05, 3.63) is 129 Å². The van der Waals surface area contributed by atoms with Gasteiger partial charge >= 0.3 is 313 Å². The molecule has 0 aromatic heterocycles. The Labute approximate surface area is 335 Å². The van der Waals surface area contributed by atoms with Gasteiger partial charge in [0.1, 0.15) is 0 Å². The average Bonchev–Trinajstić information content (AvgIpc) is 3.70. The molecular formula is C48H56Cl2SiZr. The Bertz CT molecular complexity index is 1970. The summed E-state index contributed by atoms with van der Waals surface area (Å²) in [6, 6.07) is 34.1. The summed E-state index contributed by atoms with van der Waals surface area (Å²) in [5, 5.41) is 0. The van der Waals surface area contributed by atoms with Crippen molar-refractivity contribution in [1.82, 2.24) is 0 Å². The zero-order valence-electron chi connectivity index (χ0n) is 32.0. The zero-order valence-corrected chi connectivity index (χ0v) is 36.9. The van der Waals surface area contributed by atoms with E-state index < -0.39 is 25.8 Å². The molecule has 2 unspecified atom stereocenters. The minimum absolute atomic E-state index is 0. The second kappa shape index (κ2) is 17.2. The third-order valence-corrected chi connectivity index (χ3v) is 32.4. The Morgan fingerprint density at radius 3 is 1.44 bits per heavy atom. The molecule has 2 atom stereocenters. The Hall–Kier alpha value is -1.96. The summed E-state index contributed by atoms with van der Waals surface area (Å²) in [5.41, 5.74) is 18.0. The molecule has 4 aliphatic rings. The first kappa shape index (κ1) is 39.7. The van der Waals surface area contributed by atoms with Crippen LogP contribution in [0.4, 0.5) is 0 Å². The summed E-state index contributed by atoms with van der Waals surface area (Å²) in [4.78, 5) is 0. The van der Waals surface area contributed by atoms with Crippen LogP contribution in [-0.4, -0.2) is 5.43 Å². The molecule has 4 aromatic carbocycles. The first-order chi connectivity index (χ1) is 24.4. The largest absolute Gasteiger partial charge is 1.00 e. The monoisotopic (exact) mass is 820 g/mol. The van der Waals surface area contributed by atoms with Crippen molar-refractivity contribution in [3.63, 3.8) is 0 Å². The molecule has 0 radical (unpaired) electrons. The minimum atomic E-state index is -2.19. The maximum atomic E-state index is 2.67. The molecular weight excluding hydrogens is 767 g/mol. The van der Waals surface area contributed by atoms with Gasteiger partial charge in [0.25, 0.3) is 0 Å². The molecule has 0 nitrogen and oxygen atoms in total. The fourth-order valence-electron chi connectivity index (χ4n) is 10.2. The van der Waals surface area contributed by atoms with E-state index in [0.717, 1.165) is 11.8 Å². The Balaban J connectivity index is 0.00000232. The number of benzene rings is 4. The van der Waals surface area contributed by atoms with Gasteiger partial charge in [-0.05, 0) is 0 Å². The molecule has 4 aliphatic carbocycles. The van der Waals surface area contributed by atoms with E-state index in [4.69, 9.17) is 0 Å². The number of halogens is 2. The van der Waals surface area contributed by atoms with Crippen molar-refractivity contribution in [2.75, 3.05) is 0 Å². The molecule has 0 amide bonds. The van der Waals surface area contributed by atoms with Gasteiger partial charge in [0.15, 0.2) is 0 Å².